The van der Waals surface area contributed by atoms with Gasteiger partial charge in [-0.2, -0.15) is 0 Å². The van der Waals surface area contributed by atoms with E-state index >= 15 is 0 Å². The molecule has 190 valence electrons. The van der Waals surface area contributed by atoms with Crippen molar-refractivity contribution in [3.63, 3.8) is 0 Å². The molecule has 9 heteroatoms. The fourth-order valence-corrected chi connectivity index (χ4v) is 6.01. The molecule has 0 fully saturated rings. The fraction of sp³-hybridized carbons (Fsp3) is 0.296. The van der Waals surface area contributed by atoms with Gasteiger partial charge in [-0.05, 0) is 62.7 Å². The molecule has 0 spiro atoms. The normalized spacial score (nSPS) is 16.4. The number of benzene rings is 3. The molecule has 1 unspecified atom stereocenters. The van der Waals surface area contributed by atoms with Gasteiger partial charge in [0.25, 0.3) is 10.0 Å². The van der Waals surface area contributed by atoms with Crippen molar-refractivity contribution in [3.8, 4) is 11.5 Å². The number of rotatable bonds is 7. The summed E-state index contributed by atoms with van der Waals surface area (Å²) in [5.41, 5.74) is 1.17. The van der Waals surface area contributed by atoms with E-state index in [1.54, 1.807) is 62.6 Å². The number of hydrogen-bond donors (Lipinski definition) is 1. The first kappa shape index (κ1) is 25.9. The summed E-state index contributed by atoms with van der Waals surface area (Å²) in [6, 6.07) is 18.1. The highest BCUT2D eigenvalue weighted by molar-refractivity contribution is 7.92. The van der Waals surface area contributed by atoms with Gasteiger partial charge in [-0.25, -0.2) is 8.42 Å². The molecule has 1 amide bonds. The minimum absolute atomic E-state index is 0.0850. The standard InChI is InChI=1S/C27H29ClN2O5S/c1-18-22(28)11-8-12-24(18)30(36(32,33)20-9-6-5-7-10-20)17-26(31)29-23-16-27(2,3)35-25-15-19(34-4)13-14-21(23)25/h5-15,23H,16-17H2,1-4H3,(H,29,31). The van der Waals surface area contributed by atoms with Crippen LogP contribution in [0.15, 0.2) is 71.6 Å². The number of halogens is 1. The van der Waals surface area contributed by atoms with Gasteiger partial charge in [0, 0.05) is 23.1 Å². The molecular weight excluding hydrogens is 500 g/mol. The van der Waals surface area contributed by atoms with E-state index < -0.39 is 28.1 Å². The molecule has 36 heavy (non-hydrogen) atoms. The molecule has 0 aliphatic carbocycles. The molecule has 0 aromatic heterocycles. The second kappa shape index (κ2) is 10.0. The Balaban J connectivity index is 1.67. The lowest BCUT2D eigenvalue weighted by atomic mass is 9.89. The molecule has 4 rings (SSSR count). The molecule has 0 saturated heterocycles. The zero-order chi connectivity index (χ0) is 26.1. The van der Waals surface area contributed by atoms with Gasteiger partial charge in [0.2, 0.25) is 5.91 Å². The number of nitrogens with zero attached hydrogens (tertiary/aromatic N) is 1. The van der Waals surface area contributed by atoms with Gasteiger partial charge in [0.15, 0.2) is 0 Å². The zero-order valence-corrected chi connectivity index (χ0v) is 22.2. The molecule has 0 radical (unpaired) electrons. The number of sulfonamides is 1. The molecule has 0 bridgehead atoms. The van der Waals surface area contributed by atoms with Crippen LogP contribution in [0.5, 0.6) is 11.5 Å². The van der Waals surface area contributed by atoms with Gasteiger partial charge < -0.3 is 14.8 Å². The van der Waals surface area contributed by atoms with E-state index in [1.165, 1.54) is 12.1 Å². The Morgan fingerprint density at radius 3 is 2.56 bits per heavy atom. The summed E-state index contributed by atoms with van der Waals surface area (Å²) < 4.78 is 39.9. The molecule has 7 nitrogen and oxygen atoms in total. The maximum atomic E-state index is 13.7. The number of methoxy groups -OCH3 is 1. The number of anilines is 1. The molecule has 1 heterocycles. The van der Waals surface area contributed by atoms with Crippen LogP contribution in [0, 0.1) is 6.92 Å². The van der Waals surface area contributed by atoms with Crippen molar-refractivity contribution < 1.29 is 22.7 Å². The lowest BCUT2D eigenvalue weighted by molar-refractivity contribution is -0.120. The molecule has 3 aromatic rings. The minimum atomic E-state index is -4.05. The van der Waals surface area contributed by atoms with Crippen molar-refractivity contribution in [2.75, 3.05) is 18.0 Å². The predicted octanol–water partition coefficient (Wildman–Crippen LogP) is 5.27. The van der Waals surface area contributed by atoms with Gasteiger partial charge in [-0.1, -0.05) is 35.9 Å². The monoisotopic (exact) mass is 528 g/mol. The second-order valence-electron chi connectivity index (χ2n) is 9.30. The Bertz CT molecular complexity index is 1380. The lowest BCUT2D eigenvalue weighted by Crippen LogP contribution is -2.45. The third-order valence-electron chi connectivity index (χ3n) is 6.14. The third-order valence-corrected chi connectivity index (χ3v) is 8.32. The number of carbonyl (C=O) groups is 1. The Labute approximate surface area is 217 Å². The van der Waals surface area contributed by atoms with Crippen molar-refractivity contribution in [1.29, 1.82) is 0 Å². The summed E-state index contributed by atoms with van der Waals surface area (Å²) >= 11 is 6.31. The summed E-state index contributed by atoms with van der Waals surface area (Å²) in [5, 5.41) is 3.44. The first-order chi connectivity index (χ1) is 17.0. The lowest BCUT2D eigenvalue weighted by Gasteiger charge is -2.38. The highest BCUT2D eigenvalue weighted by Gasteiger charge is 2.36. The topological polar surface area (TPSA) is 84.9 Å². The first-order valence-electron chi connectivity index (χ1n) is 11.5. The maximum Gasteiger partial charge on any atom is 0.264 e. The summed E-state index contributed by atoms with van der Waals surface area (Å²) in [6.45, 7) is 5.20. The molecule has 1 aliphatic rings. The maximum absolute atomic E-state index is 13.7. The smallest absolute Gasteiger partial charge is 0.264 e. The van der Waals surface area contributed by atoms with Crippen LogP contribution < -0.4 is 19.1 Å². The number of ether oxygens (including phenoxy) is 2. The number of fused-ring (bicyclic) bond motifs is 1. The van der Waals surface area contributed by atoms with Crippen molar-refractivity contribution in [2.24, 2.45) is 0 Å². The fourth-order valence-electron chi connectivity index (χ4n) is 4.34. The summed E-state index contributed by atoms with van der Waals surface area (Å²) in [7, 11) is -2.47. The van der Waals surface area contributed by atoms with E-state index in [4.69, 9.17) is 21.1 Å². The quantitative estimate of drug-likeness (QED) is 0.451. The Hall–Kier alpha value is -3.23. The highest BCUT2D eigenvalue weighted by atomic mass is 35.5. The zero-order valence-electron chi connectivity index (χ0n) is 20.6. The molecular formula is C27H29ClN2O5S. The van der Waals surface area contributed by atoms with E-state index in [0.717, 1.165) is 9.87 Å². The highest BCUT2D eigenvalue weighted by Crippen LogP contribution is 2.41. The average molecular weight is 529 g/mol. The van der Waals surface area contributed by atoms with E-state index in [2.05, 4.69) is 5.32 Å². The van der Waals surface area contributed by atoms with Crippen molar-refractivity contribution in [1.82, 2.24) is 5.32 Å². The van der Waals surface area contributed by atoms with Crippen molar-refractivity contribution >= 4 is 33.2 Å². The molecule has 1 atom stereocenters. The summed E-state index contributed by atoms with van der Waals surface area (Å²) in [5.74, 6) is 0.821. The number of hydrogen-bond acceptors (Lipinski definition) is 5. The predicted molar refractivity (Wildman–Crippen MR) is 140 cm³/mol. The third kappa shape index (κ3) is 5.29. The molecule has 3 aromatic carbocycles. The van der Waals surface area contributed by atoms with Gasteiger partial charge in [0.05, 0.1) is 23.7 Å². The van der Waals surface area contributed by atoms with Crippen molar-refractivity contribution in [3.05, 3.63) is 82.9 Å². The van der Waals surface area contributed by atoms with Crippen molar-refractivity contribution in [2.45, 2.75) is 43.7 Å². The van der Waals surface area contributed by atoms with Crippen LogP contribution in [-0.2, 0) is 14.8 Å². The molecule has 1 aliphatic heterocycles. The van der Waals surface area contributed by atoms with Crippen LogP contribution in [-0.4, -0.2) is 33.6 Å². The van der Waals surface area contributed by atoms with Crippen LogP contribution in [0.2, 0.25) is 5.02 Å². The van der Waals surface area contributed by atoms with Gasteiger partial charge in [-0.3, -0.25) is 9.10 Å². The largest absolute Gasteiger partial charge is 0.497 e. The Morgan fingerprint density at radius 1 is 1.14 bits per heavy atom. The number of carbonyl (C=O) groups excluding carboxylic acids is 1. The minimum Gasteiger partial charge on any atom is -0.497 e. The molecule has 1 N–H and O–H groups in total. The van der Waals surface area contributed by atoms with Gasteiger partial charge >= 0.3 is 0 Å². The second-order valence-corrected chi connectivity index (χ2v) is 11.6. The van der Waals surface area contributed by atoms with Gasteiger partial charge in [0.1, 0.15) is 23.6 Å². The Morgan fingerprint density at radius 2 is 1.86 bits per heavy atom. The van der Waals surface area contributed by atoms with Crippen LogP contribution >= 0.6 is 11.6 Å². The number of nitrogens with one attached hydrogen (secondary N) is 1. The first-order valence-corrected chi connectivity index (χ1v) is 13.3. The van der Waals surface area contributed by atoms with Crippen LogP contribution in [0.1, 0.15) is 37.4 Å². The van der Waals surface area contributed by atoms with Crippen LogP contribution in [0.3, 0.4) is 0 Å². The van der Waals surface area contributed by atoms with Gasteiger partial charge in [-0.15, -0.1) is 0 Å². The van der Waals surface area contributed by atoms with Crippen LogP contribution in [0.25, 0.3) is 0 Å². The summed E-state index contributed by atoms with van der Waals surface area (Å²) in [6.07, 6.45) is 0.514. The Kier molecular flexibility index (Phi) is 7.20. The van der Waals surface area contributed by atoms with E-state index in [1.807, 2.05) is 19.9 Å². The number of amides is 1. The summed E-state index contributed by atoms with van der Waals surface area (Å²) in [4.78, 5) is 13.5. The van der Waals surface area contributed by atoms with Crippen LogP contribution in [0.4, 0.5) is 5.69 Å². The van der Waals surface area contributed by atoms with E-state index in [0.29, 0.717) is 34.2 Å². The van der Waals surface area contributed by atoms with E-state index in [9.17, 15) is 13.2 Å². The average Bonchev–Trinajstić information content (AvgIpc) is 2.84. The van der Waals surface area contributed by atoms with E-state index in [-0.39, 0.29) is 10.9 Å². The molecule has 0 saturated carbocycles. The SMILES string of the molecule is COc1ccc2c(c1)OC(C)(C)CC2NC(=O)CN(c1cccc(Cl)c1C)S(=O)(=O)c1ccccc1.